The summed E-state index contributed by atoms with van der Waals surface area (Å²) in [5.41, 5.74) is 8.53. The fraction of sp³-hybridized carbons (Fsp3) is 0.458. The SMILES string of the molecule is NC1(C(O)N2CCN(C(=O)c3ccc(-c4cccc(OC5CC5)c4)cc3)CC2)CC1. The quantitative estimate of drug-likeness (QED) is 0.769. The highest BCUT2D eigenvalue weighted by Gasteiger charge is 2.48. The predicted octanol–water partition coefficient (Wildman–Crippen LogP) is 2.46. The maximum absolute atomic E-state index is 12.9. The van der Waals surface area contributed by atoms with Crippen LogP contribution >= 0.6 is 0 Å². The number of carbonyl (C=O) groups excluding carboxylic acids is 1. The third kappa shape index (κ3) is 4.08. The molecule has 6 heteroatoms. The van der Waals surface area contributed by atoms with Crippen LogP contribution in [0.1, 0.15) is 36.0 Å². The van der Waals surface area contributed by atoms with Crippen LogP contribution < -0.4 is 10.5 Å². The predicted molar refractivity (Wildman–Crippen MR) is 115 cm³/mol. The second-order valence-electron chi connectivity index (χ2n) is 8.86. The maximum Gasteiger partial charge on any atom is 0.253 e. The molecule has 3 aliphatic rings. The highest BCUT2D eigenvalue weighted by molar-refractivity contribution is 5.94. The molecule has 30 heavy (non-hydrogen) atoms. The third-order valence-electron chi connectivity index (χ3n) is 6.42. The van der Waals surface area contributed by atoms with Gasteiger partial charge >= 0.3 is 0 Å². The second kappa shape index (κ2) is 7.69. The lowest BCUT2D eigenvalue weighted by atomic mass is 10.0. The summed E-state index contributed by atoms with van der Waals surface area (Å²) in [6.45, 7) is 2.51. The first kappa shape index (κ1) is 19.5. The summed E-state index contributed by atoms with van der Waals surface area (Å²) in [5.74, 6) is 0.941. The van der Waals surface area contributed by atoms with E-state index in [2.05, 4.69) is 12.1 Å². The van der Waals surface area contributed by atoms with Crippen molar-refractivity contribution in [3.8, 4) is 16.9 Å². The first-order valence-electron chi connectivity index (χ1n) is 10.9. The van der Waals surface area contributed by atoms with Crippen molar-refractivity contribution in [1.82, 2.24) is 9.80 Å². The summed E-state index contributed by atoms with van der Waals surface area (Å²) in [4.78, 5) is 16.8. The maximum atomic E-state index is 12.9. The van der Waals surface area contributed by atoms with Gasteiger partial charge in [-0.2, -0.15) is 0 Å². The van der Waals surface area contributed by atoms with E-state index in [4.69, 9.17) is 10.5 Å². The molecular weight excluding hydrogens is 378 g/mol. The smallest absolute Gasteiger partial charge is 0.253 e. The van der Waals surface area contributed by atoms with Crippen LogP contribution in [-0.4, -0.2) is 64.9 Å². The van der Waals surface area contributed by atoms with Gasteiger partial charge in [0.1, 0.15) is 12.0 Å². The molecule has 1 saturated heterocycles. The number of carbonyl (C=O) groups is 1. The van der Waals surface area contributed by atoms with Gasteiger partial charge in [0.05, 0.1) is 11.6 Å². The van der Waals surface area contributed by atoms with Gasteiger partial charge in [-0.1, -0.05) is 24.3 Å². The number of aliphatic hydroxyl groups is 1. The van der Waals surface area contributed by atoms with Crippen LogP contribution in [0, 0.1) is 0 Å². The molecule has 1 unspecified atom stereocenters. The number of hydrogen-bond acceptors (Lipinski definition) is 5. The molecule has 158 valence electrons. The van der Waals surface area contributed by atoms with Crippen LogP contribution in [-0.2, 0) is 0 Å². The average molecular weight is 408 g/mol. The molecule has 6 nitrogen and oxygen atoms in total. The molecule has 2 aromatic carbocycles. The van der Waals surface area contributed by atoms with E-state index in [1.165, 1.54) is 0 Å². The summed E-state index contributed by atoms with van der Waals surface area (Å²) in [6, 6.07) is 15.9. The summed E-state index contributed by atoms with van der Waals surface area (Å²) in [6.07, 6.45) is 3.79. The normalized spacial score (nSPS) is 21.9. The molecule has 0 aromatic heterocycles. The number of hydrogen-bond donors (Lipinski definition) is 2. The number of rotatable bonds is 6. The summed E-state index contributed by atoms with van der Waals surface area (Å²) < 4.78 is 5.89. The molecule has 3 N–H and O–H groups in total. The van der Waals surface area contributed by atoms with E-state index in [0.29, 0.717) is 37.8 Å². The molecule has 5 rings (SSSR count). The average Bonchev–Trinajstić information content (AvgIpc) is 3.72. The first-order valence-corrected chi connectivity index (χ1v) is 10.9. The van der Waals surface area contributed by atoms with Crippen molar-refractivity contribution in [3.63, 3.8) is 0 Å². The Labute approximate surface area is 177 Å². The Morgan fingerprint density at radius 1 is 1.03 bits per heavy atom. The van der Waals surface area contributed by atoms with Gasteiger partial charge in [-0.25, -0.2) is 0 Å². The Balaban J connectivity index is 1.21. The highest BCUT2D eigenvalue weighted by atomic mass is 16.5. The minimum Gasteiger partial charge on any atom is -0.490 e. The largest absolute Gasteiger partial charge is 0.490 e. The topological polar surface area (TPSA) is 79.0 Å². The van der Waals surface area contributed by atoms with Crippen LogP contribution in [0.3, 0.4) is 0 Å². The Bertz CT molecular complexity index is 914. The van der Waals surface area contributed by atoms with Crippen LogP contribution in [0.25, 0.3) is 11.1 Å². The summed E-state index contributed by atoms with van der Waals surface area (Å²) in [7, 11) is 0. The molecule has 1 aliphatic heterocycles. The van der Waals surface area contributed by atoms with Crippen molar-refractivity contribution in [2.75, 3.05) is 26.2 Å². The van der Waals surface area contributed by atoms with E-state index in [1.54, 1.807) is 0 Å². The molecule has 1 heterocycles. The minimum absolute atomic E-state index is 0.0374. The van der Waals surface area contributed by atoms with Gasteiger partial charge in [0.25, 0.3) is 5.91 Å². The fourth-order valence-corrected chi connectivity index (χ4v) is 4.05. The van der Waals surface area contributed by atoms with E-state index >= 15 is 0 Å². The molecule has 2 aromatic rings. The highest BCUT2D eigenvalue weighted by Crippen LogP contribution is 2.37. The number of aliphatic hydroxyl groups excluding tert-OH is 1. The van der Waals surface area contributed by atoms with Gasteiger partial charge in [-0.3, -0.25) is 9.69 Å². The first-order chi connectivity index (χ1) is 14.5. The second-order valence-corrected chi connectivity index (χ2v) is 8.86. The lowest BCUT2D eigenvalue weighted by Crippen LogP contribution is -2.57. The molecule has 3 fully saturated rings. The van der Waals surface area contributed by atoms with Crippen LogP contribution in [0.5, 0.6) is 5.75 Å². The van der Waals surface area contributed by atoms with Gasteiger partial charge in [0.2, 0.25) is 0 Å². The van der Waals surface area contributed by atoms with Gasteiger partial charge < -0.3 is 20.5 Å². The monoisotopic (exact) mass is 407 g/mol. The fourth-order valence-electron chi connectivity index (χ4n) is 4.05. The third-order valence-corrected chi connectivity index (χ3v) is 6.42. The van der Waals surface area contributed by atoms with Crippen molar-refractivity contribution < 1.29 is 14.6 Å². The zero-order chi connectivity index (χ0) is 20.7. The number of ether oxygens (including phenoxy) is 1. The van der Waals surface area contributed by atoms with Crippen molar-refractivity contribution >= 4 is 5.91 Å². The van der Waals surface area contributed by atoms with Crippen molar-refractivity contribution in [1.29, 1.82) is 0 Å². The zero-order valence-corrected chi connectivity index (χ0v) is 17.2. The van der Waals surface area contributed by atoms with Crippen molar-refractivity contribution in [2.24, 2.45) is 5.73 Å². The Kier molecular flexibility index (Phi) is 5.01. The lowest BCUT2D eigenvalue weighted by molar-refractivity contribution is -0.0432. The zero-order valence-electron chi connectivity index (χ0n) is 17.2. The number of benzene rings is 2. The van der Waals surface area contributed by atoms with Crippen LogP contribution in [0.2, 0.25) is 0 Å². The number of nitrogens with zero attached hydrogens (tertiary/aromatic N) is 2. The van der Waals surface area contributed by atoms with Gasteiger partial charge in [0.15, 0.2) is 0 Å². The summed E-state index contributed by atoms with van der Waals surface area (Å²) >= 11 is 0. The van der Waals surface area contributed by atoms with E-state index in [9.17, 15) is 9.90 Å². The molecule has 1 atom stereocenters. The van der Waals surface area contributed by atoms with E-state index < -0.39 is 11.8 Å². The molecular formula is C24H29N3O3. The Morgan fingerprint density at radius 3 is 2.37 bits per heavy atom. The van der Waals surface area contributed by atoms with E-state index in [1.807, 2.05) is 46.2 Å². The van der Waals surface area contributed by atoms with Gasteiger partial charge in [-0.15, -0.1) is 0 Å². The van der Waals surface area contributed by atoms with Crippen molar-refractivity contribution in [3.05, 3.63) is 54.1 Å². The van der Waals surface area contributed by atoms with Crippen LogP contribution in [0.4, 0.5) is 0 Å². The van der Waals surface area contributed by atoms with E-state index in [0.717, 1.165) is 42.6 Å². The summed E-state index contributed by atoms with van der Waals surface area (Å²) in [5, 5.41) is 10.4. The minimum atomic E-state index is -0.603. The lowest BCUT2D eigenvalue weighted by Gasteiger charge is -2.39. The van der Waals surface area contributed by atoms with Gasteiger partial charge in [0, 0.05) is 31.7 Å². The van der Waals surface area contributed by atoms with Crippen molar-refractivity contribution in [2.45, 2.75) is 43.6 Å². The molecule has 2 aliphatic carbocycles. The molecule has 2 saturated carbocycles. The van der Waals surface area contributed by atoms with Gasteiger partial charge in [-0.05, 0) is 61.1 Å². The van der Waals surface area contributed by atoms with E-state index in [-0.39, 0.29) is 5.91 Å². The molecule has 0 bridgehead atoms. The standard InChI is InChI=1S/C24H29N3O3/c25-24(10-11-24)23(29)27-14-12-26(13-15-27)22(28)18-6-4-17(5-7-18)19-2-1-3-21(16-19)30-20-8-9-20/h1-7,16,20,23,29H,8-15,25H2. The number of nitrogens with two attached hydrogens (primary N) is 1. The molecule has 0 radical (unpaired) electrons. The molecule has 0 spiro atoms. The van der Waals surface area contributed by atoms with Crippen LogP contribution in [0.15, 0.2) is 48.5 Å². The number of amides is 1. The Hall–Kier alpha value is -2.41. The number of piperazine rings is 1. The Morgan fingerprint density at radius 2 is 1.73 bits per heavy atom. The molecule has 1 amide bonds.